The van der Waals surface area contributed by atoms with Crippen LogP contribution >= 0.6 is 15.9 Å². The van der Waals surface area contributed by atoms with Crippen molar-refractivity contribution in [3.05, 3.63) is 74.7 Å². The number of para-hydroxylation sites is 1. The molecule has 0 aliphatic heterocycles. The van der Waals surface area contributed by atoms with E-state index >= 15 is 0 Å². The molecule has 8 heteroatoms. The summed E-state index contributed by atoms with van der Waals surface area (Å²) in [6, 6.07) is 12.0. The first-order valence-corrected chi connectivity index (χ1v) is 9.74. The van der Waals surface area contributed by atoms with Crippen LogP contribution in [0.2, 0.25) is 0 Å². The molecule has 2 aromatic carbocycles. The number of hydrogen-bond acceptors (Lipinski definition) is 5. The molecule has 1 atom stereocenters. The molecule has 1 heterocycles. The van der Waals surface area contributed by atoms with E-state index in [1.54, 1.807) is 12.1 Å². The standard InChI is InChI=1S/C21H20BrN3O4/c1-13-4-3-5-16-20(13)23-12-25(21(16)28)11-18(26)24-17(10-19(27)29-2)14-6-8-15(22)9-7-14/h3-9,12,17H,10-11H2,1-2H3,(H,24,26). The largest absolute Gasteiger partial charge is 0.469 e. The fourth-order valence-electron chi connectivity index (χ4n) is 3.04. The summed E-state index contributed by atoms with van der Waals surface area (Å²) in [6.07, 6.45) is 1.35. The number of nitrogens with zero attached hydrogens (tertiary/aromatic N) is 2. The number of methoxy groups -OCH3 is 1. The van der Waals surface area contributed by atoms with Gasteiger partial charge in [-0.05, 0) is 36.2 Å². The van der Waals surface area contributed by atoms with Gasteiger partial charge in [0.15, 0.2) is 0 Å². The SMILES string of the molecule is COC(=O)CC(NC(=O)Cn1cnc2c(C)cccc2c1=O)c1ccc(Br)cc1. The zero-order valence-electron chi connectivity index (χ0n) is 16.0. The number of hydrogen-bond donors (Lipinski definition) is 1. The van der Waals surface area contributed by atoms with E-state index in [1.165, 1.54) is 18.0 Å². The maximum absolute atomic E-state index is 12.7. The second-order valence-corrected chi connectivity index (χ2v) is 7.52. The van der Waals surface area contributed by atoms with Crippen molar-refractivity contribution in [2.75, 3.05) is 7.11 Å². The van der Waals surface area contributed by atoms with E-state index < -0.39 is 17.9 Å². The van der Waals surface area contributed by atoms with Crippen LogP contribution in [-0.2, 0) is 20.9 Å². The number of esters is 1. The molecule has 1 unspecified atom stereocenters. The molecule has 150 valence electrons. The molecule has 1 aromatic heterocycles. The van der Waals surface area contributed by atoms with E-state index in [0.29, 0.717) is 10.9 Å². The summed E-state index contributed by atoms with van der Waals surface area (Å²) in [4.78, 5) is 41.4. The van der Waals surface area contributed by atoms with Gasteiger partial charge in [0.1, 0.15) is 6.54 Å². The Morgan fingerprint density at radius 3 is 2.62 bits per heavy atom. The van der Waals surface area contributed by atoms with Crippen molar-refractivity contribution in [1.29, 1.82) is 0 Å². The quantitative estimate of drug-likeness (QED) is 0.574. The number of fused-ring (bicyclic) bond motifs is 1. The summed E-state index contributed by atoms with van der Waals surface area (Å²) >= 11 is 3.36. The second-order valence-electron chi connectivity index (χ2n) is 6.60. The van der Waals surface area contributed by atoms with Gasteiger partial charge in [-0.1, -0.05) is 40.2 Å². The van der Waals surface area contributed by atoms with Crippen LogP contribution in [0, 0.1) is 6.92 Å². The summed E-state index contributed by atoms with van der Waals surface area (Å²) in [5.74, 6) is -0.851. The third-order valence-electron chi connectivity index (χ3n) is 4.58. The lowest BCUT2D eigenvalue weighted by atomic mass is 10.0. The lowest BCUT2D eigenvalue weighted by Crippen LogP contribution is -2.35. The highest BCUT2D eigenvalue weighted by Crippen LogP contribution is 2.20. The van der Waals surface area contributed by atoms with Gasteiger partial charge in [0.05, 0.1) is 36.8 Å². The number of carbonyl (C=O) groups is 2. The summed E-state index contributed by atoms with van der Waals surface area (Å²) in [6.45, 7) is 1.67. The molecule has 0 spiro atoms. The molecular formula is C21H20BrN3O4. The zero-order chi connectivity index (χ0) is 21.0. The Labute approximate surface area is 175 Å². The number of aromatic nitrogens is 2. The summed E-state index contributed by atoms with van der Waals surface area (Å²) < 4.78 is 6.88. The van der Waals surface area contributed by atoms with Gasteiger partial charge in [-0.2, -0.15) is 0 Å². The fraction of sp³-hybridized carbons (Fsp3) is 0.238. The smallest absolute Gasteiger partial charge is 0.307 e. The van der Waals surface area contributed by atoms with Crippen molar-refractivity contribution < 1.29 is 14.3 Å². The van der Waals surface area contributed by atoms with Crippen LogP contribution in [0.15, 0.2) is 58.1 Å². The number of aryl methyl sites for hydroxylation is 1. The normalized spacial score (nSPS) is 11.8. The Morgan fingerprint density at radius 2 is 1.93 bits per heavy atom. The van der Waals surface area contributed by atoms with Crippen molar-refractivity contribution >= 4 is 38.7 Å². The molecule has 29 heavy (non-hydrogen) atoms. The molecule has 0 saturated heterocycles. The molecule has 0 aliphatic carbocycles. The molecular weight excluding hydrogens is 438 g/mol. The summed E-state index contributed by atoms with van der Waals surface area (Å²) in [7, 11) is 1.30. The molecule has 0 radical (unpaired) electrons. The number of benzene rings is 2. The van der Waals surface area contributed by atoms with E-state index in [1.807, 2.05) is 37.3 Å². The molecule has 1 N–H and O–H groups in total. The molecule has 0 aliphatic rings. The Morgan fingerprint density at radius 1 is 1.21 bits per heavy atom. The van der Waals surface area contributed by atoms with Crippen LogP contribution in [0.5, 0.6) is 0 Å². The minimum atomic E-state index is -0.575. The molecule has 3 rings (SSSR count). The lowest BCUT2D eigenvalue weighted by Gasteiger charge is -2.19. The number of ether oxygens (including phenoxy) is 1. The minimum Gasteiger partial charge on any atom is -0.469 e. The molecule has 3 aromatic rings. The van der Waals surface area contributed by atoms with Crippen LogP contribution in [0.1, 0.15) is 23.6 Å². The third kappa shape index (κ3) is 4.89. The maximum atomic E-state index is 12.7. The van der Waals surface area contributed by atoms with E-state index in [2.05, 4.69) is 26.2 Å². The van der Waals surface area contributed by atoms with Crippen LogP contribution in [0.25, 0.3) is 10.9 Å². The predicted molar refractivity (Wildman–Crippen MR) is 112 cm³/mol. The van der Waals surface area contributed by atoms with E-state index in [-0.39, 0.29) is 18.5 Å². The number of carbonyl (C=O) groups excluding carboxylic acids is 2. The molecule has 0 bridgehead atoms. The Balaban J connectivity index is 1.82. The van der Waals surface area contributed by atoms with Gasteiger partial charge < -0.3 is 10.1 Å². The average Bonchev–Trinajstić information content (AvgIpc) is 2.70. The van der Waals surface area contributed by atoms with E-state index in [9.17, 15) is 14.4 Å². The zero-order valence-corrected chi connectivity index (χ0v) is 17.6. The average molecular weight is 458 g/mol. The van der Waals surface area contributed by atoms with Gasteiger partial charge in [-0.15, -0.1) is 0 Å². The molecule has 0 saturated carbocycles. The number of rotatable bonds is 6. The van der Waals surface area contributed by atoms with E-state index in [0.717, 1.165) is 15.6 Å². The molecule has 0 fully saturated rings. The first-order valence-electron chi connectivity index (χ1n) is 8.95. The van der Waals surface area contributed by atoms with Gasteiger partial charge in [0.25, 0.3) is 5.56 Å². The van der Waals surface area contributed by atoms with Crippen molar-refractivity contribution in [3.8, 4) is 0 Å². The third-order valence-corrected chi connectivity index (χ3v) is 5.10. The number of halogens is 1. The van der Waals surface area contributed by atoms with Gasteiger partial charge in [-0.25, -0.2) is 4.98 Å². The van der Waals surface area contributed by atoms with Crippen molar-refractivity contribution in [1.82, 2.24) is 14.9 Å². The van der Waals surface area contributed by atoms with Crippen LogP contribution in [0.3, 0.4) is 0 Å². The number of amides is 1. The van der Waals surface area contributed by atoms with E-state index in [4.69, 9.17) is 4.74 Å². The summed E-state index contributed by atoms with van der Waals surface area (Å²) in [5.41, 5.74) is 1.98. The van der Waals surface area contributed by atoms with Crippen molar-refractivity contribution in [2.45, 2.75) is 25.9 Å². The lowest BCUT2D eigenvalue weighted by molar-refractivity contribution is -0.141. The molecule has 1 amide bonds. The molecule has 7 nitrogen and oxygen atoms in total. The van der Waals surface area contributed by atoms with Crippen molar-refractivity contribution in [2.24, 2.45) is 0 Å². The van der Waals surface area contributed by atoms with Crippen LogP contribution < -0.4 is 10.9 Å². The highest BCUT2D eigenvalue weighted by molar-refractivity contribution is 9.10. The van der Waals surface area contributed by atoms with Crippen LogP contribution in [0.4, 0.5) is 0 Å². The minimum absolute atomic E-state index is 0.0199. The van der Waals surface area contributed by atoms with Crippen LogP contribution in [-0.4, -0.2) is 28.5 Å². The van der Waals surface area contributed by atoms with Gasteiger partial charge >= 0.3 is 5.97 Å². The summed E-state index contributed by atoms with van der Waals surface area (Å²) in [5, 5.41) is 3.27. The first-order chi connectivity index (χ1) is 13.9. The number of nitrogens with one attached hydrogen (secondary N) is 1. The monoisotopic (exact) mass is 457 g/mol. The fourth-order valence-corrected chi connectivity index (χ4v) is 3.31. The van der Waals surface area contributed by atoms with Crippen molar-refractivity contribution in [3.63, 3.8) is 0 Å². The Kier molecular flexibility index (Phi) is 6.43. The van der Waals surface area contributed by atoms with Gasteiger partial charge in [0.2, 0.25) is 5.91 Å². The first kappa shape index (κ1) is 20.7. The van der Waals surface area contributed by atoms with Gasteiger partial charge in [0, 0.05) is 4.47 Å². The Hall–Kier alpha value is -3.00. The van der Waals surface area contributed by atoms with Gasteiger partial charge in [-0.3, -0.25) is 19.0 Å². The second kappa shape index (κ2) is 9.00. The predicted octanol–water partition coefficient (Wildman–Crippen LogP) is 2.89. The highest BCUT2D eigenvalue weighted by atomic mass is 79.9. The maximum Gasteiger partial charge on any atom is 0.307 e. The highest BCUT2D eigenvalue weighted by Gasteiger charge is 2.19. The Bertz CT molecular complexity index is 1110. The topological polar surface area (TPSA) is 90.3 Å².